The Hall–Kier alpha value is -1.28. The Morgan fingerprint density at radius 3 is 2.93 bits per heavy atom. The number of unbranched alkanes of at least 4 members (excludes halogenated alkanes) is 1. The molecule has 0 fully saturated rings. The number of aromatic amines is 1. The number of hydrogen-bond acceptors (Lipinski definition) is 0. The van der Waals surface area contributed by atoms with Crippen LogP contribution in [0, 0.1) is 0 Å². The van der Waals surface area contributed by atoms with Crippen molar-refractivity contribution in [2.24, 2.45) is 0 Å². The summed E-state index contributed by atoms with van der Waals surface area (Å²) in [5.74, 6) is 0. The summed E-state index contributed by atoms with van der Waals surface area (Å²) in [7, 11) is 0. The van der Waals surface area contributed by atoms with Crippen LogP contribution in [0.15, 0.2) is 30.5 Å². The molecule has 2 rings (SSSR count). The Balaban J connectivity index is 2.19. The van der Waals surface area contributed by atoms with Crippen molar-refractivity contribution in [3.05, 3.63) is 36.0 Å². The van der Waals surface area contributed by atoms with Crippen molar-refractivity contribution < 1.29 is 0 Å². The highest BCUT2D eigenvalue weighted by Crippen LogP contribution is 2.18. The van der Waals surface area contributed by atoms with E-state index in [0.29, 0.717) is 6.54 Å². The molecule has 0 bridgehead atoms. The molecule has 0 amide bonds. The van der Waals surface area contributed by atoms with Gasteiger partial charge in [0.2, 0.25) is 0 Å². The molecule has 0 atom stereocenters. The number of nitrogens with zero attached hydrogens (tertiary/aromatic N) is 1. The molecule has 2 heteroatoms. The highest BCUT2D eigenvalue weighted by atomic mass is 14.7. The zero-order valence-electron chi connectivity index (χ0n) is 8.16. The quantitative estimate of drug-likeness (QED) is 0.713. The minimum Gasteiger partial charge on any atom is -0.361 e. The van der Waals surface area contributed by atoms with Crippen LogP contribution in [0.25, 0.3) is 10.9 Å². The fraction of sp³-hybridized carbons (Fsp3) is 0.333. The zero-order chi connectivity index (χ0) is 9.80. The van der Waals surface area contributed by atoms with Crippen LogP contribution in [-0.2, 0) is 6.42 Å². The Morgan fingerprint density at radius 1 is 1.14 bits per heavy atom. The van der Waals surface area contributed by atoms with Crippen molar-refractivity contribution in [2.75, 3.05) is 6.54 Å². The number of rotatable bonds is 4. The van der Waals surface area contributed by atoms with Gasteiger partial charge in [-0.1, -0.05) is 12.1 Å². The van der Waals surface area contributed by atoms with Crippen LogP contribution in [0.5, 0.6) is 0 Å². The third kappa shape index (κ3) is 1.80. The van der Waals surface area contributed by atoms with Gasteiger partial charge < -0.3 is 4.98 Å². The Bertz CT molecular complexity index is 403. The summed E-state index contributed by atoms with van der Waals surface area (Å²) < 4.78 is 0. The largest absolute Gasteiger partial charge is 0.361 e. The molecular weight excluding hydrogens is 172 g/mol. The smallest absolute Gasteiger partial charge is 0.0456 e. The highest BCUT2D eigenvalue weighted by molar-refractivity contribution is 5.82. The molecule has 1 heterocycles. The van der Waals surface area contributed by atoms with Gasteiger partial charge in [0.1, 0.15) is 0 Å². The minimum atomic E-state index is 0.295. The van der Waals surface area contributed by atoms with Crippen LogP contribution in [0.3, 0.4) is 0 Å². The lowest BCUT2D eigenvalue weighted by molar-refractivity contribution is 0.738. The molecule has 0 spiro atoms. The first-order chi connectivity index (χ1) is 6.92. The van der Waals surface area contributed by atoms with Crippen molar-refractivity contribution in [2.45, 2.75) is 19.3 Å². The molecule has 0 saturated carbocycles. The highest BCUT2D eigenvalue weighted by Gasteiger charge is 2.00. The fourth-order valence-corrected chi connectivity index (χ4v) is 1.80. The first-order valence-electron chi connectivity index (χ1n) is 5.07. The van der Waals surface area contributed by atoms with Gasteiger partial charge in [-0.15, -0.1) is 5.73 Å². The van der Waals surface area contributed by atoms with Crippen LogP contribution in [0.4, 0.5) is 0 Å². The second-order valence-corrected chi connectivity index (χ2v) is 3.54. The average molecular weight is 186 g/mol. The van der Waals surface area contributed by atoms with E-state index >= 15 is 0 Å². The summed E-state index contributed by atoms with van der Waals surface area (Å²) in [6.45, 7) is 0.295. The normalized spacial score (nSPS) is 10.9. The summed E-state index contributed by atoms with van der Waals surface area (Å²) in [6.07, 6.45) is 4.97. The van der Waals surface area contributed by atoms with Crippen molar-refractivity contribution in [1.29, 1.82) is 0 Å². The zero-order valence-corrected chi connectivity index (χ0v) is 8.16. The summed E-state index contributed by atoms with van der Waals surface area (Å²) in [5.41, 5.74) is 11.3. The van der Waals surface area contributed by atoms with E-state index in [9.17, 15) is 0 Å². The molecule has 2 nitrogen and oxygen atoms in total. The van der Waals surface area contributed by atoms with E-state index in [2.05, 4.69) is 29.2 Å². The summed E-state index contributed by atoms with van der Waals surface area (Å²) >= 11 is 0. The van der Waals surface area contributed by atoms with Gasteiger partial charge in [-0.3, -0.25) is 0 Å². The molecule has 0 aliphatic rings. The van der Waals surface area contributed by atoms with Crippen LogP contribution >= 0.6 is 0 Å². The molecule has 0 saturated heterocycles. The number of benzene rings is 1. The SMILES string of the molecule is [N]CCCCc1cccc2[nH]ccc12. The molecule has 14 heavy (non-hydrogen) atoms. The van der Waals surface area contributed by atoms with Gasteiger partial charge in [-0.2, -0.15) is 0 Å². The summed E-state index contributed by atoms with van der Waals surface area (Å²) in [5, 5.41) is 1.31. The summed E-state index contributed by atoms with van der Waals surface area (Å²) in [4.78, 5) is 3.20. The Morgan fingerprint density at radius 2 is 2.07 bits per heavy atom. The topological polar surface area (TPSA) is 38.1 Å². The number of aryl methyl sites for hydroxylation is 1. The molecule has 0 unspecified atom stereocenters. The van der Waals surface area contributed by atoms with Gasteiger partial charge in [0.15, 0.2) is 0 Å². The lowest BCUT2D eigenvalue weighted by atomic mass is 10.0. The first kappa shape index (κ1) is 9.28. The molecule has 72 valence electrons. The Labute approximate surface area is 84.1 Å². The van der Waals surface area contributed by atoms with E-state index in [1.54, 1.807) is 0 Å². The summed E-state index contributed by atoms with van der Waals surface area (Å²) in [6, 6.07) is 8.44. The third-order valence-corrected chi connectivity index (χ3v) is 2.54. The van der Waals surface area contributed by atoms with Crippen molar-refractivity contribution in [3.63, 3.8) is 0 Å². The molecule has 0 aliphatic heterocycles. The molecule has 1 aromatic carbocycles. The maximum absolute atomic E-state index is 8.71. The van der Waals surface area contributed by atoms with Crippen LogP contribution in [-0.4, -0.2) is 11.5 Å². The molecule has 0 aliphatic carbocycles. The van der Waals surface area contributed by atoms with Crippen LogP contribution < -0.4 is 5.73 Å². The van der Waals surface area contributed by atoms with Gasteiger partial charge in [-0.05, 0) is 37.0 Å². The number of fused-ring (bicyclic) bond motifs is 1. The number of aromatic nitrogens is 1. The number of H-pyrrole nitrogens is 1. The van der Waals surface area contributed by atoms with Crippen molar-refractivity contribution in [3.8, 4) is 0 Å². The van der Waals surface area contributed by atoms with E-state index in [1.165, 1.54) is 16.5 Å². The van der Waals surface area contributed by atoms with Gasteiger partial charge >= 0.3 is 0 Å². The third-order valence-electron chi connectivity index (χ3n) is 2.54. The second-order valence-electron chi connectivity index (χ2n) is 3.54. The van der Waals surface area contributed by atoms with Crippen LogP contribution in [0.2, 0.25) is 0 Å². The van der Waals surface area contributed by atoms with Gasteiger partial charge in [0.05, 0.1) is 0 Å². The van der Waals surface area contributed by atoms with E-state index in [-0.39, 0.29) is 0 Å². The first-order valence-corrected chi connectivity index (χ1v) is 5.07. The van der Waals surface area contributed by atoms with Gasteiger partial charge in [0.25, 0.3) is 0 Å². The average Bonchev–Trinajstić information content (AvgIpc) is 2.67. The van der Waals surface area contributed by atoms with E-state index in [0.717, 1.165) is 19.3 Å². The number of hydrogen-bond donors (Lipinski definition) is 1. The van der Waals surface area contributed by atoms with Crippen LogP contribution in [0.1, 0.15) is 18.4 Å². The van der Waals surface area contributed by atoms with Crippen molar-refractivity contribution >= 4 is 10.9 Å². The maximum Gasteiger partial charge on any atom is 0.0456 e. The molecule has 2 aromatic rings. The monoisotopic (exact) mass is 186 g/mol. The number of nitrogens with one attached hydrogen (secondary N) is 1. The maximum atomic E-state index is 8.71. The van der Waals surface area contributed by atoms with E-state index in [4.69, 9.17) is 5.73 Å². The second kappa shape index (κ2) is 4.29. The lowest BCUT2D eigenvalue weighted by Gasteiger charge is -2.01. The standard InChI is InChI=1S/C12H14N2/c13-8-2-1-4-10-5-3-6-12-11(10)7-9-14-12/h3,5-7,9,14H,1-2,4,8H2. The molecule has 1 aromatic heterocycles. The molecule has 2 radical (unpaired) electrons. The van der Waals surface area contributed by atoms with E-state index in [1.807, 2.05) is 6.20 Å². The Kier molecular flexibility index (Phi) is 2.84. The fourth-order valence-electron chi connectivity index (χ4n) is 1.80. The van der Waals surface area contributed by atoms with Gasteiger partial charge in [0, 0.05) is 23.6 Å². The predicted molar refractivity (Wildman–Crippen MR) is 58.2 cm³/mol. The minimum absolute atomic E-state index is 0.295. The predicted octanol–water partition coefficient (Wildman–Crippen LogP) is 2.56. The van der Waals surface area contributed by atoms with Crippen molar-refractivity contribution in [1.82, 2.24) is 10.7 Å². The van der Waals surface area contributed by atoms with Gasteiger partial charge in [-0.25, -0.2) is 0 Å². The molecular formula is C12H14N2. The molecule has 1 N–H and O–H groups in total. The van der Waals surface area contributed by atoms with E-state index < -0.39 is 0 Å². The lowest BCUT2D eigenvalue weighted by Crippen LogP contribution is -1.90.